The second-order valence-electron chi connectivity index (χ2n) is 5.80. The molecular formula is C17H22N4O2. The van der Waals surface area contributed by atoms with Crippen LogP contribution in [0, 0.1) is 0 Å². The SMILES string of the molecule is CCCC1CN(c2nc(-c3ccncc3)cc(=O)n2C)CCO1. The van der Waals surface area contributed by atoms with Crippen LogP contribution in [0.15, 0.2) is 35.4 Å². The van der Waals surface area contributed by atoms with E-state index in [0.717, 1.165) is 31.5 Å². The number of anilines is 1. The van der Waals surface area contributed by atoms with Crippen molar-refractivity contribution in [3.63, 3.8) is 0 Å². The van der Waals surface area contributed by atoms with E-state index in [1.54, 1.807) is 30.1 Å². The van der Waals surface area contributed by atoms with Gasteiger partial charge in [-0.25, -0.2) is 4.98 Å². The molecule has 0 aromatic carbocycles. The summed E-state index contributed by atoms with van der Waals surface area (Å²) in [4.78, 5) is 23.2. The Bertz CT molecular complexity index is 712. The lowest BCUT2D eigenvalue weighted by Crippen LogP contribution is -2.45. The molecule has 1 fully saturated rings. The number of pyridine rings is 1. The summed E-state index contributed by atoms with van der Waals surface area (Å²) in [6, 6.07) is 5.30. The summed E-state index contributed by atoms with van der Waals surface area (Å²) in [6.07, 6.45) is 5.73. The molecule has 1 unspecified atom stereocenters. The van der Waals surface area contributed by atoms with Gasteiger partial charge < -0.3 is 9.64 Å². The van der Waals surface area contributed by atoms with Crippen molar-refractivity contribution in [2.75, 3.05) is 24.6 Å². The van der Waals surface area contributed by atoms with E-state index < -0.39 is 0 Å². The molecule has 0 spiro atoms. The maximum atomic E-state index is 12.3. The molecule has 0 aliphatic carbocycles. The first-order valence-corrected chi connectivity index (χ1v) is 8.04. The maximum absolute atomic E-state index is 12.3. The van der Waals surface area contributed by atoms with Crippen molar-refractivity contribution in [2.24, 2.45) is 7.05 Å². The lowest BCUT2D eigenvalue weighted by molar-refractivity contribution is 0.0340. The molecule has 0 amide bonds. The van der Waals surface area contributed by atoms with Crippen molar-refractivity contribution in [1.29, 1.82) is 0 Å². The van der Waals surface area contributed by atoms with E-state index in [9.17, 15) is 4.79 Å². The Morgan fingerprint density at radius 3 is 2.87 bits per heavy atom. The summed E-state index contributed by atoms with van der Waals surface area (Å²) in [5.41, 5.74) is 1.53. The van der Waals surface area contributed by atoms with Gasteiger partial charge in [0.1, 0.15) is 0 Å². The van der Waals surface area contributed by atoms with Gasteiger partial charge in [-0.1, -0.05) is 13.3 Å². The number of rotatable bonds is 4. The number of ether oxygens (including phenoxy) is 1. The maximum Gasteiger partial charge on any atom is 0.255 e. The lowest BCUT2D eigenvalue weighted by atomic mass is 10.1. The lowest BCUT2D eigenvalue weighted by Gasteiger charge is -2.34. The fraction of sp³-hybridized carbons (Fsp3) is 0.471. The van der Waals surface area contributed by atoms with Crippen LogP contribution in [0.1, 0.15) is 19.8 Å². The van der Waals surface area contributed by atoms with Gasteiger partial charge in [0.2, 0.25) is 5.95 Å². The summed E-state index contributed by atoms with van der Waals surface area (Å²) in [7, 11) is 1.77. The molecule has 0 bridgehead atoms. The quantitative estimate of drug-likeness (QED) is 0.862. The second-order valence-corrected chi connectivity index (χ2v) is 5.80. The van der Waals surface area contributed by atoms with Gasteiger partial charge in [0.25, 0.3) is 5.56 Å². The summed E-state index contributed by atoms with van der Waals surface area (Å²) >= 11 is 0. The van der Waals surface area contributed by atoms with E-state index in [1.807, 2.05) is 12.1 Å². The Morgan fingerprint density at radius 1 is 1.35 bits per heavy atom. The zero-order valence-corrected chi connectivity index (χ0v) is 13.6. The molecule has 1 aliphatic rings. The Labute approximate surface area is 135 Å². The first kappa shape index (κ1) is 15.7. The van der Waals surface area contributed by atoms with E-state index in [-0.39, 0.29) is 11.7 Å². The largest absolute Gasteiger partial charge is 0.375 e. The molecule has 0 N–H and O–H groups in total. The van der Waals surface area contributed by atoms with Gasteiger partial charge in [0.15, 0.2) is 0 Å². The smallest absolute Gasteiger partial charge is 0.255 e. The zero-order valence-electron chi connectivity index (χ0n) is 13.6. The predicted octanol–water partition coefficient (Wildman–Crippen LogP) is 1.85. The van der Waals surface area contributed by atoms with Gasteiger partial charge in [-0.2, -0.15) is 0 Å². The van der Waals surface area contributed by atoms with Gasteiger partial charge in [-0.15, -0.1) is 0 Å². The summed E-state index contributed by atoms with van der Waals surface area (Å²) < 4.78 is 7.40. The highest BCUT2D eigenvalue weighted by Crippen LogP contribution is 2.20. The second kappa shape index (κ2) is 6.91. The van der Waals surface area contributed by atoms with E-state index in [2.05, 4.69) is 16.8 Å². The van der Waals surface area contributed by atoms with Gasteiger partial charge in [0, 0.05) is 44.2 Å². The summed E-state index contributed by atoms with van der Waals surface area (Å²) in [6.45, 7) is 4.34. The van der Waals surface area contributed by atoms with Crippen LogP contribution in [-0.4, -0.2) is 40.3 Å². The van der Waals surface area contributed by atoms with E-state index in [0.29, 0.717) is 18.2 Å². The minimum Gasteiger partial charge on any atom is -0.375 e. The molecule has 1 atom stereocenters. The Morgan fingerprint density at radius 2 is 2.13 bits per heavy atom. The Balaban J connectivity index is 1.95. The minimum absolute atomic E-state index is 0.0552. The van der Waals surface area contributed by atoms with Gasteiger partial charge in [-0.05, 0) is 18.6 Å². The molecule has 0 saturated carbocycles. The van der Waals surface area contributed by atoms with Crippen LogP contribution in [0.3, 0.4) is 0 Å². The molecule has 3 rings (SSSR count). The number of aromatic nitrogens is 3. The highest BCUT2D eigenvalue weighted by molar-refractivity contribution is 5.59. The molecule has 122 valence electrons. The van der Waals surface area contributed by atoms with Crippen LogP contribution in [0.2, 0.25) is 0 Å². The molecule has 6 heteroatoms. The molecule has 23 heavy (non-hydrogen) atoms. The fourth-order valence-electron chi connectivity index (χ4n) is 2.88. The van der Waals surface area contributed by atoms with Gasteiger partial charge in [-0.3, -0.25) is 14.3 Å². The molecule has 1 saturated heterocycles. The molecule has 1 aliphatic heterocycles. The number of hydrogen-bond donors (Lipinski definition) is 0. The third-order valence-electron chi connectivity index (χ3n) is 4.12. The topological polar surface area (TPSA) is 60.2 Å². The van der Waals surface area contributed by atoms with Crippen LogP contribution in [0.4, 0.5) is 5.95 Å². The number of morpholine rings is 1. The van der Waals surface area contributed by atoms with Crippen LogP contribution in [0.25, 0.3) is 11.3 Å². The highest BCUT2D eigenvalue weighted by Gasteiger charge is 2.23. The monoisotopic (exact) mass is 314 g/mol. The number of nitrogens with zero attached hydrogens (tertiary/aromatic N) is 4. The molecule has 2 aromatic rings. The Kier molecular flexibility index (Phi) is 4.71. The first-order chi connectivity index (χ1) is 11.2. The zero-order chi connectivity index (χ0) is 16.2. The number of hydrogen-bond acceptors (Lipinski definition) is 5. The van der Waals surface area contributed by atoms with Gasteiger partial charge in [0.05, 0.1) is 18.4 Å². The van der Waals surface area contributed by atoms with Crippen molar-refractivity contribution in [3.05, 3.63) is 40.9 Å². The van der Waals surface area contributed by atoms with Crippen LogP contribution in [-0.2, 0) is 11.8 Å². The van der Waals surface area contributed by atoms with Crippen LogP contribution < -0.4 is 10.5 Å². The van der Waals surface area contributed by atoms with Gasteiger partial charge >= 0.3 is 0 Å². The highest BCUT2D eigenvalue weighted by atomic mass is 16.5. The average Bonchev–Trinajstić information content (AvgIpc) is 2.58. The Hall–Kier alpha value is -2.21. The van der Waals surface area contributed by atoms with E-state index in [4.69, 9.17) is 9.72 Å². The third-order valence-corrected chi connectivity index (χ3v) is 4.12. The summed E-state index contributed by atoms with van der Waals surface area (Å²) in [5, 5.41) is 0. The van der Waals surface area contributed by atoms with Crippen molar-refractivity contribution in [2.45, 2.75) is 25.9 Å². The first-order valence-electron chi connectivity index (χ1n) is 8.04. The van der Waals surface area contributed by atoms with Crippen molar-refractivity contribution < 1.29 is 4.74 Å². The normalized spacial score (nSPS) is 18.2. The minimum atomic E-state index is -0.0552. The fourth-order valence-corrected chi connectivity index (χ4v) is 2.88. The molecular weight excluding hydrogens is 292 g/mol. The summed E-state index contributed by atoms with van der Waals surface area (Å²) in [5.74, 6) is 0.703. The van der Waals surface area contributed by atoms with Crippen molar-refractivity contribution >= 4 is 5.95 Å². The standard InChI is InChI=1S/C17H22N4O2/c1-3-4-14-12-21(9-10-23-14)17-19-15(11-16(22)20(17)2)13-5-7-18-8-6-13/h5-8,11,14H,3-4,9-10,12H2,1-2H3. The molecule has 2 aromatic heterocycles. The predicted molar refractivity (Wildman–Crippen MR) is 89.6 cm³/mol. The van der Waals surface area contributed by atoms with Crippen molar-refractivity contribution in [3.8, 4) is 11.3 Å². The average molecular weight is 314 g/mol. The third kappa shape index (κ3) is 3.42. The van der Waals surface area contributed by atoms with Crippen molar-refractivity contribution in [1.82, 2.24) is 14.5 Å². The van der Waals surface area contributed by atoms with E-state index >= 15 is 0 Å². The molecule has 6 nitrogen and oxygen atoms in total. The van der Waals surface area contributed by atoms with E-state index in [1.165, 1.54) is 0 Å². The molecule has 0 radical (unpaired) electrons. The molecule has 3 heterocycles. The van der Waals surface area contributed by atoms with Crippen LogP contribution in [0.5, 0.6) is 0 Å². The van der Waals surface area contributed by atoms with Crippen LogP contribution >= 0.6 is 0 Å².